The van der Waals surface area contributed by atoms with Crippen molar-refractivity contribution in [1.82, 2.24) is 0 Å². The highest BCUT2D eigenvalue weighted by molar-refractivity contribution is 7.92. The molecule has 0 unspecified atom stereocenters. The fourth-order valence-corrected chi connectivity index (χ4v) is 4.06. The lowest BCUT2D eigenvalue weighted by Crippen LogP contribution is -2.47. The van der Waals surface area contributed by atoms with Crippen LogP contribution in [0.15, 0.2) is 42.5 Å². The van der Waals surface area contributed by atoms with Crippen LogP contribution in [0.3, 0.4) is 0 Å². The Morgan fingerprint density at radius 3 is 2.23 bits per heavy atom. The van der Waals surface area contributed by atoms with Gasteiger partial charge in [0.1, 0.15) is 6.04 Å². The van der Waals surface area contributed by atoms with E-state index in [1.807, 2.05) is 6.92 Å². The van der Waals surface area contributed by atoms with E-state index in [0.717, 1.165) is 16.1 Å². The summed E-state index contributed by atoms with van der Waals surface area (Å²) >= 11 is 11.8. The number of rotatable bonds is 6. The minimum absolute atomic E-state index is 0.300. The van der Waals surface area contributed by atoms with Gasteiger partial charge in [0.2, 0.25) is 15.9 Å². The maximum absolute atomic E-state index is 12.8. The van der Waals surface area contributed by atoms with Crippen molar-refractivity contribution in [3.8, 4) is 0 Å². The molecule has 1 N–H and O–H groups in total. The van der Waals surface area contributed by atoms with Gasteiger partial charge in [0, 0.05) is 5.69 Å². The average molecular weight is 415 g/mol. The van der Waals surface area contributed by atoms with Crippen molar-refractivity contribution in [1.29, 1.82) is 0 Å². The van der Waals surface area contributed by atoms with E-state index in [-0.39, 0.29) is 0 Å². The summed E-state index contributed by atoms with van der Waals surface area (Å²) in [5, 5.41) is 3.38. The molecule has 0 saturated carbocycles. The zero-order valence-electron chi connectivity index (χ0n) is 14.7. The molecule has 5 nitrogen and oxygen atoms in total. The summed E-state index contributed by atoms with van der Waals surface area (Å²) in [5.41, 5.74) is 1.88. The Labute approximate surface area is 164 Å². The van der Waals surface area contributed by atoms with Crippen molar-refractivity contribution in [2.45, 2.75) is 26.3 Å². The first kappa shape index (κ1) is 20.6. The van der Waals surface area contributed by atoms with Crippen molar-refractivity contribution in [2.75, 3.05) is 15.9 Å². The fourth-order valence-electron chi connectivity index (χ4n) is 2.55. The molecule has 2 aromatic carbocycles. The number of benzene rings is 2. The number of nitrogens with one attached hydrogen (secondary N) is 1. The molecule has 1 amide bonds. The summed E-state index contributed by atoms with van der Waals surface area (Å²) in [4.78, 5) is 12.8. The van der Waals surface area contributed by atoms with Crippen LogP contribution in [0.1, 0.15) is 18.9 Å². The van der Waals surface area contributed by atoms with Gasteiger partial charge in [-0.2, -0.15) is 0 Å². The highest BCUT2D eigenvalue weighted by atomic mass is 35.5. The molecule has 8 heteroatoms. The molecule has 0 aromatic heterocycles. The van der Waals surface area contributed by atoms with Gasteiger partial charge in [-0.25, -0.2) is 8.42 Å². The molecule has 26 heavy (non-hydrogen) atoms. The largest absolute Gasteiger partial charge is 0.324 e. The number of halogens is 2. The molecule has 0 aliphatic carbocycles. The Morgan fingerprint density at radius 2 is 1.73 bits per heavy atom. The predicted molar refractivity (Wildman–Crippen MR) is 108 cm³/mol. The topological polar surface area (TPSA) is 66.5 Å². The maximum Gasteiger partial charge on any atom is 0.248 e. The molecule has 0 aliphatic heterocycles. The molecule has 0 saturated heterocycles. The molecular weight excluding hydrogens is 395 g/mol. The van der Waals surface area contributed by atoms with Crippen LogP contribution in [0.4, 0.5) is 11.4 Å². The first-order chi connectivity index (χ1) is 12.1. The van der Waals surface area contributed by atoms with Crippen LogP contribution < -0.4 is 9.62 Å². The van der Waals surface area contributed by atoms with Gasteiger partial charge in [-0.1, -0.05) is 47.8 Å². The standard InChI is InChI=1S/C18H20Cl2N2O3S/c1-4-17(18(23)21-13-7-10-15(19)16(20)11-13)22(26(3,24)25)14-8-5-12(2)6-9-14/h5-11,17H,4H2,1-3H3,(H,21,23)/t17-/m1/s1. The van der Waals surface area contributed by atoms with E-state index in [9.17, 15) is 13.2 Å². The van der Waals surface area contributed by atoms with Crippen molar-refractivity contribution in [2.24, 2.45) is 0 Å². The Hall–Kier alpha value is -1.76. The van der Waals surface area contributed by atoms with Crippen molar-refractivity contribution >= 4 is 50.5 Å². The summed E-state index contributed by atoms with van der Waals surface area (Å²) in [6.45, 7) is 3.66. The molecule has 0 heterocycles. The summed E-state index contributed by atoms with van der Waals surface area (Å²) in [6.07, 6.45) is 1.38. The Bertz CT molecular complexity index is 899. The van der Waals surface area contributed by atoms with Gasteiger partial charge < -0.3 is 5.32 Å². The van der Waals surface area contributed by atoms with Gasteiger partial charge in [-0.3, -0.25) is 9.10 Å². The Morgan fingerprint density at radius 1 is 1.12 bits per heavy atom. The number of anilines is 2. The molecule has 0 spiro atoms. The first-order valence-corrected chi connectivity index (χ1v) is 10.6. The van der Waals surface area contributed by atoms with Crippen LogP contribution in [-0.2, 0) is 14.8 Å². The van der Waals surface area contributed by atoms with E-state index < -0.39 is 22.0 Å². The van der Waals surface area contributed by atoms with Crippen LogP contribution in [0.5, 0.6) is 0 Å². The Kier molecular flexibility index (Phi) is 6.55. The summed E-state index contributed by atoms with van der Waals surface area (Å²) in [5.74, 6) is -0.447. The molecule has 140 valence electrons. The smallest absolute Gasteiger partial charge is 0.248 e. The molecule has 0 bridgehead atoms. The minimum Gasteiger partial charge on any atom is -0.324 e. The van der Waals surface area contributed by atoms with Gasteiger partial charge in [0.15, 0.2) is 0 Å². The van der Waals surface area contributed by atoms with Crippen LogP contribution in [0.25, 0.3) is 0 Å². The summed E-state index contributed by atoms with van der Waals surface area (Å²) in [7, 11) is -3.67. The second-order valence-corrected chi connectivity index (χ2v) is 8.61. The highest BCUT2D eigenvalue weighted by Crippen LogP contribution is 2.27. The minimum atomic E-state index is -3.67. The highest BCUT2D eigenvalue weighted by Gasteiger charge is 2.31. The summed E-state index contributed by atoms with van der Waals surface area (Å²) in [6, 6.07) is 10.8. The van der Waals surface area contributed by atoms with E-state index >= 15 is 0 Å². The number of carbonyl (C=O) groups excluding carboxylic acids is 1. The number of aryl methyl sites for hydroxylation is 1. The lowest BCUT2D eigenvalue weighted by Gasteiger charge is -2.30. The van der Waals surface area contributed by atoms with Gasteiger partial charge in [-0.05, 0) is 43.7 Å². The third-order valence-corrected chi connectivity index (χ3v) is 5.72. The van der Waals surface area contributed by atoms with Crippen molar-refractivity contribution < 1.29 is 13.2 Å². The Balaban J connectivity index is 2.36. The van der Waals surface area contributed by atoms with Gasteiger partial charge in [0.25, 0.3) is 0 Å². The van der Waals surface area contributed by atoms with E-state index in [1.54, 1.807) is 43.3 Å². The number of carbonyl (C=O) groups is 1. The van der Waals surface area contributed by atoms with Gasteiger partial charge >= 0.3 is 0 Å². The van der Waals surface area contributed by atoms with Crippen LogP contribution >= 0.6 is 23.2 Å². The lowest BCUT2D eigenvalue weighted by atomic mass is 10.1. The number of sulfonamides is 1. The lowest BCUT2D eigenvalue weighted by molar-refractivity contribution is -0.117. The normalized spacial score (nSPS) is 12.5. The van der Waals surface area contributed by atoms with Crippen molar-refractivity contribution in [3.05, 3.63) is 58.1 Å². The van der Waals surface area contributed by atoms with Crippen LogP contribution in [-0.4, -0.2) is 26.6 Å². The predicted octanol–water partition coefficient (Wildman–Crippen LogP) is 4.49. The summed E-state index contributed by atoms with van der Waals surface area (Å²) < 4.78 is 25.9. The quantitative estimate of drug-likeness (QED) is 0.756. The van der Waals surface area contributed by atoms with Gasteiger partial charge in [-0.15, -0.1) is 0 Å². The number of hydrogen-bond donors (Lipinski definition) is 1. The van der Waals surface area contributed by atoms with Crippen molar-refractivity contribution in [3.63, 3.8) is 0 Å². The first-order valence-electron chi connectivity index (χ1n) is 7.95. The molecule has 0 aliphatic rings. The van der Waals surface area contributed by atoms with Crippen LogP contribution in [0.2, 0.25) is 10.0 Å². The van der Waals surface area contributed by atoms with E-state index in [4.69, 9.17) is 23.2 Å². The molecule has 1 atom stereocenters. The third-order valence-electron chi connectivity index (χ3n) is 3.81. The molecule has 0 radical (unpaired) electrons. The van der Waals surface area contributed by atoms with E-state index in [2.05, 4.69) is 5.32 Å². The van der Waals surface area contributed by atoms with E-state index in [1.165, 1.54) is 6.07 Å². The molecule has 2 aromatic rings. The van der Waals surface area contributed by atoms with E-state index in [0.29, 0.717) is 27.8 Å². The zero-order valence-corrected chi connectivity index (χ0v) is 17.0. The number of nitrogens with zero attached hydrogens (tertiary/aromatic N) is 1. The SMILES string of the molecule is CC[C@H](C(=O)Nc1ccc(Cl)c(Cl)c1)N(c1ccc(C)cc1)S(C)(=O)=O. The van der Waals surface area contributed by atoms with Crippen LogP contribution in [0, 0.1) is 6.92 Å². The monoisotopic (exact) mass is 414 g/mol. The maximum atomic E-state index is 12.8. The zero-order chi connectivity index (χ0) is 19.5. The number of amides is 1. The fraction of sp³-hybridized carbons (Fsp3) is 0.278. The average Bonchev–Trinajstić information content (AvgIpc) is 2.56. The van der Waals surface area contributed by atoms with Gasteiger partial charge in [0.05, 0.1) is 22.0 Å². The second-order valence-electron chi connectivity index (χ2n) is 5.94. The second kappa shape index (κ2) is 8.29. The molecular formula is C18H20Cl2N2O3S. The number of hydrogen-bond acceptors (Lipinski definition) is 3. The molecule has 2 rings (SSSR count). The third kappa shape index (κ3) is 4.90. The molecule has 0 fully saturated rings.